The Labute approximate surface area is 141 Å². The normalized spacial score (nSPS) is 19.0. The summed E-state index contributed by atoms with van der Waals surface area (Å²) < 4.78 is 0. The van der Waals surface area contributed by atoms with Crippen molar-refractivity contribution in [3.8, 4) is 0 Å². The summed E-state index contributed by atoms with van der Waals surface area (Å²) in [6, 6.07) is 6.92. The summed E-state index contributed by atoms with van der Waals surface area (Å²) >= 11 is 5.84. The average molecular weight is 336 g/mol. The lowest BCUT2D eigenvalue weighted by atomic mass is 10.1. The van der Waals surface area contributed by atoms with E-state index in [-0.39, 0.29) is 17.9 Å². The number of piperazine rings is 1. The lowest BCUT2D eigenvalue weighted by Crippen LogP contribution is -2.52. The molecular weight excluding hydrogens is 314 g/mol. The fraction of sp³-hybridized carbons (Fsp3) is 0.529. The Morgan fingerprint density at radius 1 is 0.957 bits per heavy atom. The summed E-state index contributed by atoms with van der Waals surface area (Å²) in [6.45, 7) is 2.42. The Morgan fingerprint density at radius 3 is 2.13 bits per heavy atom. The standard InChI is InChI=1S/C17H22ClN3O2/c18-14-5-7-15(8-6-14)19-17(23)21-11-9-20(10-12-21)16(22)13-3-1-2-4-13/h5-8,13H,1-4,9-12H2,(H,19,23). The predicted octanol–water partition coefficient (Wildman–Crippen LogP) is 3.21. The fourth-order valence-electron chi connectivity index (χ4n) is 3.30. The molecule has 23 heavy (non-hydrogen) atoms. The first-order chi connectivity index (χ1) is 11.1. The molecule has 1 aromatic carbocycles. The number of rotatable bonds is 2. The Kier molecular flexibility index (Phi) is 5.06. The molecule has 0 unspecified atom stereocenters. The number of carbonyl (C=O) groups is 2. The third-order valence-corrected chi connectivity index (χ3v) is 4.93. The lowest BCUT2D eigenvalue weighted by Gasteiger charge is -2.36. The summed E-state index contributed by atoms with van der Waals surface area (Å²) in [5, 5.41) is 3.50. The Hall–Kier alpha value is -1.75. The Bertz CT molecular complexity index is 562. The smallest absolute Gasteiger partial charge is 0.321 e. The largest absolute Gasteiger partial charge is 0.339 e. The molecule has 1 aromatic rings. The number of hydrogen-bond donors (Lipinski definition) is 1. The van der Waals surface area contributed by atoms with Gasteiger partial charge in [0.2, 0.25) is 5.91 Å². The zero-order valence-electron chi connectivity index (χ0n) is 13.1. The van der Waals surface area contributed by atoms with Crippen LogP contribution >= 0.6 is 11.6 Å². The van der Waals surface area contributed by atoms with Gasteiger partial charge in [0.1, 0.15) is 0 Å². The first kappa shape index (κ1) is 16.1. The van der Waals surface area contributed by atoms with Crippen molar-refractivity contribution in [1.29, 1.82) is 0 Å². The van der Waals surface area contributed by atoms with Crippen molar-refractivity contribution in [3.05, 3.63) is 29.3 Å². The van der Waals surface area contributed by atoms with E-state index in [2.05, 4.69) is 5.32 Å². The van der Waals surface area contributed by atoms with Crippen molar-refractivity contribution in [3.63, 3.8) is 0 Å². The number of amides is 3. The minimum absolute atomic E-state index is 0.125. The molecule has 2 fully saturated rings. The molecule has 1 saturated heterocycles. The quantitative estimate of drug-likeness (QED) is 0.902. The topological polar surface area (TPSA) is 52.7 Å². The molecule has 6 heteroatoms. The van der Waals surface area contributed by atoms with Crippen LogP contribution in [0, 0.1) is 5.92 Å². The molecule has 1 N–H and O–H groups in total. The average Bonchev–Trinajstić information content (AvgIpc) is 3.11. The Morgan fingerprint density at radius 2 is 1.52 bits per heavy atom. The Balaban J connectivity index is 1.49. The van der Waals surface area contributed by atoms with Gasteiger partial charge in [0.25, 0.3) is 0 Å². The zero-order chi connectivity index (χ0) is 16.2. The SMILES string of the molecule is O=C(Nc1ccc(Cl)cc1)N1CCN(C(=O)C2CCCC2)CC1. The second-order valence-electron chi connectivity index (χ2n) is 6.23. The van der Waals surface area contributed by atoms with Gasteiger partial charge in [-0.15, -0.1) is 0 Å². The summed E-state index contributed by atoms with van der Waals surface area (Å²) in [5.41, 5.74) is 0.726. The van der Waals surface area contributed by atoms with Gasteiger partial charge in [-0.1, -0.05) is 24.4 Å². The number of nitrogens with one attached hydrogen (secondary N) is 1. The van der Waals surface area contributed by atoms with E-state index in [0.717, 1.165) is 18.5 Å². The van der Waals surface area contributed by atoms with Gasteiger partial charge in [-0.2, -0.15) is 0 Å². The van der Waals surface area contributed by atoms with Crippen LogP contribution in [0.4, 0.5) is 10.5 Å². The molecule has 0 aromatic heterocycles. The van der Waals surface area contributed by atoms with Crippen LogP contribution in [-0.4, -0.2) is 47.9 Å². The molecule has 5 nitrogen and oxygen atoms in total. The molecule has 1 saturated carbocycles. The summed E-state index contributed by atoms with van der Waals surface area (Å²) in [4.78, 5) is 28.3. The summed E-state index contributed by atoms with van der Waals surface area (Å²) in [7, 11) is 0. The van der Waals surface area contributed by atoms with Crippen molar-refractivity contribution >= 4 is 29.2 Å². The fourth-order valence-corrected chi connectivity index (χ4v) is 3.42. The maximum absolute atomic E-state index is 12.4. The van der Waals surface area contributed by atoms with Crippen molar-refractivity contribution in [2.75, 3.05) is 31.5 Å². The van der Waals surface area contributed by atoms with Crippen molar-refractivity contribution in [1.82, 2.24) is 9.80 Å². The van der Waals surface area contributed by atoms with Crippen LogP contribution in [0.3, 0.4) is 0 Å². The number of urea groups is 1. The number of carbonyl (C=O) groups excluding carboxylic acids is 2. The van der Waals surface area contributed by atoms with E-state index in [1.54, 1.807) is 29.2 Å². The van der Waals surface area contributed by atoms with Gasteiger partial charge in [0.05, 0.1) is 0 Å². The number of anilines is 1. The second kappa shape index (κ2) is 7.21. The molecule has 0 spiro atoms. The van der Waals surface area contributed by atoms with Crippen LogP contribution in [0.25, 0.3) is 0 Å². The minimum Gasteiger partial charge on any atom is -0.339 e. The maximum atomic E-state index is 12.4. The molecule has 0 bridgehead atoms. The van der Waals surface area contributed by atoms with Gasteiger partial charge in [0.15, 0.2) is 0 Å². The molecule has 124 valence electrons. The third kappa shape index (κ3) is 3.96. The molecule has 3 rings (SSSR count). The van der Waals surface area contributed by atoms with Crippen LogP contribution in [0.1, 0.15) is 25.7 Å². The third-order valence-electron chi connectivity index (χ3n) is 4.68. The van der Waals surface area contributed by atoms with Crippen molar-refractivity contribution < 1.29 is 9.59 Å². The van der Waals surface area contributed by atoms with E-state index in [1.165, 1.54) is 12.8 Å². The lowest BCUT2D eigenvalue weighted by molar-refractivity contribution is -0.136. The van der Waals surface area contributed by atoms with Crippen LogP contribution < -0.4 is 5.32 Å². The molecule has 1 heterocycles. The van der Waals surface area contributed by atoms with E-state index >= 15 is 0 Å². The highest BCUT2D eigenvalue weighted by atomic mass is 35.5. The molecule has 0 atom stereocenters. The van der Waals surface area contributed by atoms with Gasteiger partial charge in [-0.25, -0.2) is 4.79 Å². The zero-order valence-corrected chi connectivity index (χ0v) is 13.9. The van der Waals surface area contributed by atoms with E-state index in [9.17, 15) is 9.59 Å². The highest BCUT2D eigenvalue weighted by Crippen LogP contribution is 2.27. The van der Waals surface area contributed by atoms with Crippen LogP contribution in [0.5, 0.6) is 0 Å². The summed E-state index contributed by atoms with van der Waals surface area (Å²) in [5.74, 6) is 0.490. The van der Waals surface area contributed by atoms with Crippen LogP contribution in [-0.2, 0) is 4.79 Å². The summed E-state index contributed by atoms with van der Waals surface area (Å²) in [6.07, 6.45) is 4.38. The van der Waals surface area contributed by atoms with Crippen LogP contribution in [0.2, 0.25) is 5.02 Å². The van der Waals surface area contributed by atoms with E-state index in [1.807, 2.05) is 4.90 Å². The highest BCUT2D eigenvalue weighted by Gasteiger charge is 2.30. The van der Waals surface area contributed by atoms with Crippen molar-refractivity contribution in [2.24, 2.45) is 5.92 Å². The maximum Gasteiger partial charge on any atom is 0.321 e. The number of nitrogens with zero attached hydrogens (tertiary/aromatic N) is 2. The van der Waals surface area contributed by atoms with Crippen LogP contribution in [0.15, 0.2) is 24.3 Å². The number of benzene rings is 1. The van der Waals surface area contributed by atoms with Crippen molar-refractivity contribution in [2.45, 2.75) is 25.7 Å². The molecule has 3 amide bonds. The number of halogens is 1. The molecular formula is C17H22ClN3O2. The molecule has 2 aliphatic rings. The van der Waals surface area contributed by atoms with E-state index in [0.29, 0.717) is 31.2 Å². The van der Waals surface area contributed by atoms with E-state index in [4.69, 9.17) is 11.6 Å². The van der Waals surface area contributed by atoms with Gasteiger partial charge in [-0.3, -0.25) is 4.79 Å². The predicted molar refractivity (Wildman–Crippen MR) is 90.6 cm³/mol. The van der Waals surface area contributed by atoms with Gasteiger partial charge < -0.3 is 15.1 Å². The molecule has 1 aliphatic carbocycles. The molecule has 1 aliphatic heterocycles. The second-order valence-corrected chi connectivity index (χ2v) is 6.67. The molecule has 0 radical (unpaired) electrons. The minimum atomic E-state index is -0.125. The van der Waals surface area contributed by atoms with Gasteiger partial charge >= 0.3 is 6.03 Å². The van der Waals surface area contributed by atoms with Gasteiger partial charge in [0, 0.05) is 42.8 Å². The number of hydrogen-bond acceptors (Lipinski definition) is 2. The van der Waals surface area contributed by atoms with Gasteiger partial charge in [-0.05, 0) is 37.1 Å². The highest BCUT2D eigenvalue weighted by molar-refractivity contribution is 6.30. The first-order valence-electron chi connectivity index (χ1n) is 8.24. The first-order valence-corrected chi connectivity index (χ1v) is 8.61. The monoisotopic (exact) mass is 335 g/mol. The van der Waals surface area contributed by atoms with E-state index < -0.39 is 0 Å².